The fraction of sp³-hybridized carbons (Fsp3) is 0.609. The summed E-state index contributed by atoms with van der Waals surface area (Å²) in [6.07, 6.45) is 4.83. The van der Waals surface area contributed by atoms with Gasteiger partial charge in [0, 0.05) is 30.2 Å². The molecule has 7 heteroatoms. The van der Waals surface area contributed by atoms with Crippen LogP contribution in [0.2, 0.25) is 0 Å². The fourth-order valence-corrected chi connectivity index (χ4v) is 4.05. The third-order valence-electron chi connectivity index (χ3n) is 6.22. The first-order valence-electron chi connectivity index (χ1n) is 10.8. The van der Waals surface area contributed by atoms with Crippen molar-refractivity contribution in [2.45, 2.75) is 72.1 Å². The molecule has 0 unspecified atom stereocenters. The maximum atomic E-state index is 13.6. The second kappa shape index (κ2) is 8.76. The molecular weight excluding hydrogens is 380 g/mol. The summed E-state index contributed by atoms with van der Waals surface area (Å²) in [5.74, 6) is -0.384. The zero-order chi connectivity index (χ0) is 22.1. The van der Waals surface area contributed by atoms with Crippen LogP contribution in [-0.4, -0.2) is 56.5 Å². The van der Waals surface area contributed by atoms with E-state index in [4.69, 9.17) is 0 Å². The molecule has 2 aromatic rings. The average Bonchev–Trinajstić information content (AvgIpc) is 3.28. The SMILES string of the molecule is CC[C@@H](C)C(=O)N[C@H](C(=O)N1CC[C@H](O)[C@H]1Cc1c[nH]c2ncccc12)C(C)(C)C. The van der Waals surface area contributed by atoms with Gasteiger partial charge in [0.25, 0.3) is 0 Å². The molecule has 164 valence electrons. The van der Waals surface area contributed by atoms with Gasteiger partial charge in [-0.05, 0) is 42.4 Å². The van der Waals surface area contributed by atoms with Gasteiger partial charge in [0.05, 0.1) is 12.1 Å². The number of likely N-dealkylation sites (tertiary alicyclic amines) is 1. The lowest BCUT2D eigenvalue weighted by Crippen LogP contribution is -2.57. The minimum Gasteiger partial charge on any atom is -0.391 e. The second-order valence-electron chi connectivity index (χ2n) is 9.49. The quantitative estimate of drug-likeness (QED) is 0.677. The van der Waals surface area contributed by atoms with Crippen molar-refractivity contribution in [3.05, 3.63) is 30.1 Å². The van der Waals surface area contributed by atoms with Crippen molar-refractivity contribution in [2.24, 2.45) is 11.3 Å². The summed E-state index contributed by atoms with van der Waals surface area (Å²) in [7, 11) is 0. The molecule has 7 nitrogen and oxygen atoms in total. The summed E-state index contributed by atoms with van der Waals surface area (Å²) < 4.78 is 0. The molecule has 30 heavy (non-hydrogen) atoms. The topological polar surface area (TPSA) is 98.3 Å². The normalized spacial score (nSPS) is 21.6. The second-order valence-corrected chi connectivity index (χ2v) is 9.49. The van der Waals surface area contributed by atoms with Gasteiger partial charge in [-0.2, -0.15) is 0 Å². The predicted molar refractivity (Wildman–Crippen MR) is 117 cm³/mol. The molecule has 1 aliphatic rings. The molecular formula is C23H34N4O3. The Morgan fingerprint density at radius 2 is 2.13 bits per heavy atom. The van der Waals surface area contributed by atoms with Crippen LogP contribution < -0.4 is 5.32 Å². The van der Waals surface area contributed by atoms with E-state index in [-0.39, 0.29) is 23.8 Å². The van der Waals surface area contributed by atoms with Crippen molar-refractivity contribution in [1.82, 2.24) is 20.2 Å². The van der Waals surface area contributed by atoms with Gasteiger partial charge in [0.2, 0.25) is 11.8 Å². The summed E-state index contributed by atoms with van der Waals surface area (Å²) in [6, 6.07) is 2.90. The van der Waals surface area contributed by atoms with Gasteiger partial charge in [-0.1, -0.05) is 34.6 Å². The van der Waals surface area contributed by atoms with Crippen LogP contribution in [0.4, 0.5) is 0 Å². The number of rotatable bonds is 6. The highest BCUT2D eigenvalue weighted by atomic mass is 16.3. The molecule has 1 aliphatic heterocycles. The van der Waals surface area contributed by atoms with Crippen LogP contribution in [0.5, 0.6) is 0 Å². The minimum atomic E-state index is -0.642. The van der Waals surface area contributed by atoms with Crippen LogP contribution in [0, 0.1) is 11.3 Å². The highest BCUT2D eigenvalue weighted by Crippen LogP contribution is 2.29. The van der Waals surface area contributed by atoms with E-state index in [1.54, 1.807) is 11.1 Å². The molecule has 1 saturated heterocycles. The molecule has 2 amide bonds. The lowest BCUT2D eigenvalue weighted by Gasteiger charge is -2.36. The van der Waals surface area contributed by atoms with E-state index in [0.29, 0.717) is 19.4 Å². The smallest absolute Gasteiger partial charge is 0.246 e. The first kappa shape index (κ1) is 22.3. The minimum absolute atomic E-state index is 0.107. The van der Waals surface area contributed by atoms with E-state index in [2.05, 4.69) is 15.3 Å². The molecule has 2 aromatic heterocycles. The van der Waals surface area contributed by atoms with Crippen LogP contribution >= 0.6 is 0 Å². The number of aromatic nitrogens is 2. The Bertz CT molecular complexity index is 901. The standard InChI is InChI=1S/C23H34N4O3/c1-6-14(2)21(29)26-19(23(3,4)5)22(30)27-11-9-18(28)17(27)12-15-13-25-20-16(15)8-7-10-24-20/h7-8,10,13-14,17-19,28H,6,9,11-12H2,1-5H3,(H,24,25)(H,26,29)/t14-,17-,18+,19-/m1/s1. The molecule has 3 N–H and O–H groups in total. The lowest BCUT2D eigenvalue weighted by molar-refractivity contribution is -0.141. The van der Waals surface area contributed by atoms with Gasteiger partial charge in [0.15, 0.2) is 0 Å². The highest BCUT2D eigenvalue weighted by molar-refractivity contribution is 5.89. The maximum absolute atomic E-state index is 13.6. The van der Waals surface area contributed by atoms with Gasteiger partial charge in [-0.25, -0.2) is 4.98 Å². The summed E-state index contributed by atoms with van der Waals surface area (Å²) in [6.45, 7) is 10.2. The average molecular weight is 415 g/mol. The summed E-state index contributed by atoms with van der Waals surface area (Å²) in [5.41, 5.74) is 1.38. The van der Waals surface area contributed by atoms with Crippen molar-refractivity contribution < 1.29 is 14.7 Å². The van der Waals surface area contributed by atoms with Gasteiger partial charge < -0.3 is 20.3 Å². The van der Waals surface area contributed by atoms with E-state index in [9.17, 15) is 14.7 Å². The maximum Gasteiger partial charge on any atom is 0.246 e. The van der Waals surface area contributed by atoms with E-state index < -0.39 is 17.6 Å². The lowest BCUT2D eigenvalue weighted by atomic mass is 9.85. The summed E-state index contributed by atoms with van der Waals surface area (Å²) in [4.78, 5) is 35.4. The number of H-pyrrole nitrogens is 1. The van der Waals surface area contributed by atoms with E-state index in [1.165, 1.54) is 0 Å². The Morgan fingerprint density at radius 3 is 2.80 bits per heavy atom. The van der Waals surface area contributed by atoms with Gasteiger partial charge in [0.1, 0.15) is 11.7 Å². The van der Waals surface area contributed by atoms with Gasteiger partial charge >= 0.3 is 0 Å². The summed E-state index contributed by atoms with van der Waals surface area (Å²) >= 11 is 0. The fourth-order valence-electron chi connectivity index (χ4n) is 4.05. The molecule has 0 saturated carbocycles. The number of nitrogens with one attached hydrogen (secondary N) is 2. The molecule has 3 rings (SSSR count). The van der Waals surface area contributed by atoms with Crippen molar-refractivity contribution in [3.8, 4) is 0 Å². The number of amides is 2. The molecule has 0 aliphatic carbocycles. The zero-order valence-electron chi connectivity index (χ0n) is 18.6. The number of pyridine rings is 1. The predicted octanol–water partition coefficient (Wildman–Crippen LogP) is 2.64. The third-order valence-corrected chi connectivity index (χ3v) is 6.22. The third kappa shape index (κ3) is 4.51. The van der Waals surface area contributed by atoms with Crippen LogP contribution in [0.15, 0.2) is 24.5 Å². The monoisotopic (exact) mass is 414 g/mol. The molecule has 0 spiro atoms. The molecule has 4 atom stereocenters. The number of fused-ring (bicyclic) bond motifs is 1. The number of carbonyl (C=O) groups excluding carboxylic acids is 2. The molecule has 0 bridgehead atoms. The van der Waals surface area contributed by atoms with Crippen molar-refractivity contribution in [1.29, 1.82) is 0 Å². The number of carbonyl (C=O) groups is 2. The van der Waals surface area contributed by atoms with Crippen LogP contribution in [0.25, 0.3) is 11.0 Å². The van der Waals surface area contributed by atoms with Gasteiger partial charge in [-0.3, -0.25) is 9.59 Å². The number of aliphatic hydroxyl groups excluding tert-OH is 1. The number of aliphatic hydroxyl groups is 1. The molecule has 1 fully saturated rings. The number of nitrogens with zero attached hydrogens (tertiary/aromatic N) is 2. The van der Waals surface area contributed by atoms with E-state index in [1.807, 2.05) is 52.9 Å². The summed E-state index contributed by atoms with van der Waals surface area (Å²) in [5, 5.41) is 14.6. The Morgan fingerprint density at radius 1 is 1.40 bits per heavy atom. The number of hydrogen-bond donors (Lipinski definition) is 3. The van der Waals surface area contributed by atoms with Crippen molar-refractivity contribution in [3.63, 3.8) is 0 Å². The Balaban J connectivity index is 1.83. The number of hydrogen-bond acceptors (Lipinski definition) is 4. The number of aromatic amines is 1. The van der Waals surface area contributed by atoms with Crippen molar-refractivity contribution in [2.75, 3.05) is 6.54 Å². The molecule has 0 aromatic carbocycles. The highest BCUT2D eigenvalue weighted by Gasteiger charge is 2.43. The Hall–Kier alpha value is -2.41. The Labute approximate surface area is 178 Å². The van der Waals surface area contributed by atoms with Gasteiger partial charge in [-0.15, -0.1) is 0 Å². The van der Waals surface area contributed by atoms with Crippen LogP contribution in [0.3, 0.4) is 0 Å². The Kier molecular flexibility index (Phi) is 6.50. The molecule has 3 heterocycles. The largest absolute Gasteiger partial charge is 0.391 e. The zero-order valence-corrected chi connectivity index (χ0v) is 18.6. The van der Waals surface area contributed by atoms with Crippen molar-refractivity contribution >= 4 is 22.8 Å². The molecule has 0 radical (unpaired) electrons. The first-order chi connectivity index (χ1) is 14.1. The van der Waals surface area contributed by atoms with Crippen LogP contribution in [0.1, 0.15) is 53.0 Å². The van der Waals surface area contributed by atoms with E-state index in [0.717, 1.165) is 23.0 Å². The first-order valence-corrected chi connectivity index (χ1v) is 10.8. The van der Waals surface area contributed by atoms with Crippen LogP contribution in [-0.2, 0) is 16.0 Å². The van der Waals surface area contributed by atoms with E-state index >= 15 is 0 Å².